The zero-order valence-electron chi connectivity index (χ0n) is 18.9. The molecule has 0 bridgehead atoms. The van der Waals surface area contributed by atoms with E-state index >= 15 is 0 Å². The lowest BCUT2D eigenvalue weighted by Crippen LogP contribution is -2.50. The molecule has 0 radical (unpaired) electrons. The van der Waals surface area contributed by atoms with E-state index in [2.05, 4.69) is 31.0 Å². The first-order valence-electron chi connectivity index (χ1n) is 11.1. The molecule has 0 unspecified atom stereocenters. The van der Waals surface area contributed by atoms with Crippen molar-refractivity contribution in [3.63, 3.8) is 0 Å². The average Bonchev–Trinajstić information content (AvgIpc) is 3.21. The third-order valence-electron chi connectivity index (χ3n) is 6.76. The van der Waals surface area contributed by atoms with Gasteiger partial charge >= 0.3 is 0 Å². The van der Waals surface area contributed by atoms with Crippen molar-refractivity contribution in [1.82, 2.24) is 20.0 Å². The number of piperazine rings is 1. The van der Waals surface area contributed by atoms with Gasteiger partial charge in [-0.15, -0.1) is 0 Å². The van der Waals surface area contributed by atoms with Gasteiger partial charge < -0.3 is 14.5 Å². The van der Waals surface area contributed by atoms with Crippen LogP contribution in [0.25, 0.3) is 0 Å². The summed E-state index contributed by atoms with van der Waals surface area (Å²) in [6, 6.07) is 7.25. The smallest absolute Gasteiger partial charge is 0.274 e. The third-order valence-corrected chi connectivity index (χ3v) is 6.76. The first-order valence-corrected chi connectivity index (χ1v) is 11.1. The highest BCUT2D eigenvalue weighted by Crippen LogP contribution is 2.37. The molecule has 0 spiro atoms. The Morgan fingerprint density at radius 3 is 2.35 bits per heavy atom. The Balaban J connectivity index is 1.43. The molecule has 2 aromatic rings. The van der Waals surface area contributed by atoms with Gasteiger partial charge in [0.2, 0.25) is 0 Å². The minimum Gasteiger partial charge on any atom is -0.496 e. The monoisotopic (exact) mass is 424 g/mol. The van der Waals surface area contributed by atoms with Crippen LogP contribution in [0.4, 0.5) is 0 Å². The number of ether oxygens (including phenoxy) is 1. The van der Waals surface area contributed by atoms with Gasteiger partial charge in [-0.2, -0.15) is 5.10 Å². The number of carbonyl (C=O) groups is 2. The molecule has 1 aliphatic heterocycles. The Morgan fingerprint density at radius 2 is 1.71 bits per heavy atom. The lowest BCUT2D eigenvalue weighted by molar-refractivity contribution is 0.0529. The number of para-hydroxylation sites is 1. The number of carbonyl (C=O) groups excluding carboxylic acids is 2. The van der Waals surface area contributed by atoms with Gasteiger partial charge in [0, 0.05) is 37.4 Å². The van der Waals surface area contributed by atoms with Crippen LogP contribution < -0.4 is 4.74 Å². The number of methoxy groups -OCH3 is 1. The first kappa shape index (κ1) is 21.4. The number of nitrogens with zero attached hydrogens (tertiary/aromatic N) is 3. The van der Waals surface area contributed by atoms with Gasteiger partial charge in [0.15, 0.2) is 5.69 Å². The predicted molar refractivity (Wildman–Crippen MR) is 118 cm³/mol. The summed E-state index contributed by atoms with van der Waals surface area (Å²) in [7, 11) is 1.57. The zero-order valence-corrected chi connectivity index (χ0v) is 18.9. The van der Waals surface area contributed by atoms with Crippen LogP contribution in [0.2, 0.25) is 0 Å². The van der Waals surface area contributed by atoms with Crippen LogP contribution in [0.5, 0.6) is 5.75 Å². The number of benzene rings is 1. The second-order valence-corrected chi connectivity index (χ2v) is 9.62. The summed E-state index contributed by atoms with van der Waals surface area (Å²) in [5.74, 6) is 1.02. The van der Waals surface area contributed by atoms with Gasteiger partial charge in [-0.1, -0.05) is 32.9 Å². The Kier molecular flexibility index (Phi) is 5.77. The van der Waals surface area contributed by atoms with Gasteiger partial charge in [0.05, 0.1) is 12.7 Å². The van der Waals surface area contributed by atoms with Gasteiger partial charge in [-0.05, 0) is 42.7 Å². The topological polar surface area (TPSA) is 78.5 Å². The summed E-state index contributed by atoms with van der Waals surface area (Å²) < 4.78 is 5.33. The van der Waals surface area contributed by atoms with Crippen LogP contribution in [0, 0.1) is 11.3 Å². The molecule has 1 aromatic carbocycles. The number of nitrogens with one attached hydrogen (secondary N) is 1. The van der Waals surface area contributed by atoms with Crippen LogP contribution in [-0.2, 0) is 12.8 Å². The molecule has 1 aliphatic carbocycles. The van der Waals surface area contributed by atoms with Crippen LogP contribution in [-0.4, -0.2) is 65.1 Å². The van der Waals surface area contributed by atoms with Crippen molar-refractivity contribution in [1.29, 1.82) is 0 Å². The molecule has 7 nitrogen and oxygen atoms in total. The van der Waals surface area contributed by atoms with Gasteiger partial charge in [0.1, 0.15) is 5.75 Å². The predicted octanol–water partition coefficient (Wildman–Crippen LogP) is 3.17. The van der Waals surface area contributed by atoms with Gasteiger partial charge in [-0.3, -0.25) is 14.7 Å². The summed E-state index contributed by atoms with van der Waals surface area (Å²) in [5, 5.41) is 7.50. The van der Waals surface area contributed by atoms with Crippen molar-refractivity contribution in [2.45, 2.75) is 40.0 Å². The number of hydrogen-bond donors (Lipinski definition) is 1. The molecule has 1 saturated heterocycles. The lowest BCUT2D eigenvalue weighted by atomic mass is 9.71. The van der Waals surface area contributed by atoms with E-state index < -0.39 is 0 Å². The van der Waals surface area contributed by atoms with Crippen molar-refractivity contribution in [2.24, 2.45) is 11.3 Å². The highest BCUT2D eigenvalue weighted by atomic mass is 16.5. The molecule has 0 saturated carbocycles. The molecule has 7 heteroatoms. The highest BCUT2D eigenvalue weighted by molar-refractivity contribution is 5.97. The third kappa shape index (κ3) is 4.18. The number of hydrogen-bond acceptors (Lipinski definition) is 4. The molecule has 2 heterocycles. The fourth-order valence-corrected chi connectivity index (χ4v) is 4.67. The number of H-pyrrole nitrogens is 1. The minimum absolute atomic E-state index is 0.0311. The van der Waals surface area contributed by atoms with Crippen molar-refractivity contribution >= 4 is 11.8 Å². The molecule has 31 heavy (non-hydrogen) atoms. The van der Waals surface area contributed by atoms with Gasteiger partial charge in [0.25, 0.3) is 11.8 Å². The maximum atomic E-state index is 13.3. The summed E-state index contributed by atoms with van der Waals surface area (Å²) in [6.07, 6.45) is 2.96. The fourth-order valence-electron chi connectivity index (χ4n) is 4.67. The highest BCUT2D eigenvalue weighted by Gasteiger charge is 2.35. The second-order valence-electron chi connectivity index (χ2n) is 9.62. The van der Waals surface area contributed by atoms with E-state index in [1.165, 1.54) is 0 Å². The van der Waals surface area contributed by atoms with Gasteiger partial charge in [-0.25, -0.2) is 0 Å². The van der Waals surface area contributed by atoms with Crippen LogP contribution >= 0.6 is 0 Å². The van der Waals surface area contributed by atoms with E-state index in [-0.39, 0.29) is 17.2 Å². The lowest BCUT2D eigenvalue weighted by Gasteiger charge is -2.36. The molecule has 1 atom stereocenters. The van der Waals surface area contributed by atoms with Crippen molar-refractivity contribution in [2.75, 3.05) is 33.3 Å². The summed E-state index contributed by atoms with van der Waals surface area (Å²) in [6.45, 7) is 8.81. The molecule has 2 aliphatic rings. The number of rotatable bonds is 3. The Bertz CT molecular complexity index is 967. The summed E-state index contributed by atoms with van der Waals surface area (Å²) >= 11 is 0. The van der Waals surface area contributed by atoms with Crippen LogP contribution in [0.1, 0.15) is 59.3 Å². The molecular weight excluding hydrogens is 392 g/mol. The quantitative estimate of drug-likeness (QED) is 0.821. The Labute approximate surface area is 183 Å². The minimum atomic E-state index is -0.0604. The molecule has 1 fully saturated rings. The van der Waals surface area contributed by atoms with E-state index in [9.17, 15) is 9.59 Å². The van der Waals surface area contributed by atoms with Crippen LogP contribution in [0.15, 0.2) is 24.3 Å². The first-order chi connectivity index (χ1) is 14.8. The Hall–Kier alpha value is -2.83. The largest absolute Gasteiger partial charge is 0.496 e. The van der Waals surface area contributed by atoms with E-state index in [4.69, 9.17) is 4.74 Å². The number of aryl methyl sites for hydroxylation is 1. The number of amides is 2. The summed E-state index contributed by atoms with van der Waals surface area (Å²) in [4.78, 5) is 29.8. The molecule has 166 valence electrons. The Morgan fingerprint density at radius 1 is 1.06 bits per heavy atom. The average molecular weight is 425 g/mol. The molecule has 1 N–H and O–H groups in total. The molecular formula is C24H32N4O3. The molecule has 2 amide bonds. The van der Waals surface area contributed by atoms with Crippen molar-refractivity contribution in [3.05, 3.63) is 46.8 Å². The van der Waals surface area contributed by atoms with E-state index in [1.54, 1.807) is 24.1 Å². The SMILES string of the molecule is COc1ccccc1C(=O)N1CCN(C(=O)c2n[nH]c3c2C[C@H](C(C)(C)C)CC3)CC1. The van der Waals surface area contributed by atoms with E-state index in [1.807, 2.05) is 17.0 Å². The van der Waals surface area contributed by atoms with E-state index in [0.717, 1.165) is 30.5 Å². The van der Waals surface area contributed by atoms with Crippen LogP contribution in [0.3, 0.4) is 0 Å². The maximum Gasteiger partial charge on any atom is 0.274 e. The number of fused-ring (bicyclic) bond motifs is 1. The summed E-state index contributed by atoms with van der Waals surface area (Å²) in [5.41, 5.74) is 3.52. The van der Waals surface area contributed by atoms with Crippen molar-refractivity contribution < 1.29 is 14.3 Å². The maximum absolute atomic E-state index is 13.3. The van der Waals surface area contributed by atoms with Crippen molar-refractivity contribution in [3.8, 4) is 5.75 Å². The standard InChI is InChI=1S/C24H32N4O3/c1-24(2,3)16-9-10-19-18(15-16)21(26-25-19)23(30)28-13-11-27(12-14-28)22(29)17-7-5-6-8-20(17)31-4/h5-8,16H,9-15H2,1-4H3,(H,25,26)/t16-/m1/s1. The number of aromatic nitrogens is 2. The molecule has 4 rings (SSSR count). The fraction of sp³-hybridized carbons (Fsp3) is 0.542. The molecule has 1 aromatic heterocycles. The zero-order chi connectivity index (χ0) is 22.2. The second kappa shape index (κ2) is 8.36. The number of aromatic amines is 1. The van der Waals surface area contributed by atoms with E-state index in [0.29, 0.717) is 49.1 Å². The normalized spacial score (nSPS) is 19.2.